The van der Waals surface area contributed by atoms with Gasteiger partial charge in [-0.05, 0) is 24.5 Å². The van der Waals surface area contributed by atoms with Crippen molar-refractivity contribution in [2.75, 3.05) is 16.8 Å². The summed E-state index contributed by atoms with van der Waals surface area (Å²) >= 11 is 5.35. The number of hydrogen-bond donors (Lipinski definition) is 1. The molecule has 0 bridgehead atoms. The average Bonchev–Trinajstić information content (AvgIpc) is 2.68. The highest BCUT2D eigenvalue weighted by atomic mass is 79.9. The van der Waals surface area contributed by atoms with Gasteiger partial charge >= 0.3 is 0 Å². The third kappa shape index (κ3) is 4.77. The van der Waals surface area contributed by atoms with Crippen LogP contribution < -0.4 is 5.32 Å². The minimum Gasteiger partial charge on any atom is -0.352 e. The van der Waals surface area contributed by atoms with E-state index < -0.39 is 0 Å². The fourth-order valence-corrected chi connectivity index (χ4v) is 3.44. The molecule has 1 saturated heterocycles. The molecule has 2 atom stereocenters. The number of rotatable bonds is 5. The molecule has 1 aliphatic heterocycles. The van der Waals surface area contributed by atoms with E-state index in [1.165, 1.54) is 0 Å². The summed E-state index contributed by atoms with van der Waals surface area (Å²) in [5, 5.41) is 4.00. The van der Waals surface area contributed by atoms with Crippen molar-refractivity contribution in [1.29, 1.82) is 0 Å². The van der Waals surface area contributed by atoms with Gasteiger partial charge in [0.05, 0.1) is 0 Å². The van der Waals surface area contributed by atoms with Crippen LogP contribution in [-0.2, 0) is 4.79 Å². The summed E-state index contributed by atoms with van der Waals surface area (Å²) in [5.74, 6) is 3.28. The van der Waals surface area contributed by atoms with Crippen molar-refractivity contribution in [3.8, 4) is 0 Å². The first-order valence-electron chi connectivity index (χ1n) is 5.57. The van der Waals surface area contributed by atoms with E-state index in [9.17, 15) is 4.79 Å². The molecule has 1 rings (SSSR count). The van der Waals surface area contributed by atoms with Crippen LogP contribution in [0, 0.1) is 11.8 Å². The summed E-state index contributed by atoms with van der Waals surface area (Å²) in [5.41, 5.74) is 0. The van der Waals surface area contributed by atoms with Gasteiger partial charge in [0.25, 0.3) is 0 Å². The third-order valence-corrected chi connectivity index (χ3v) is 4.53. The van der Waals surface area contributed by atoms with Gasteiger partial charge in [-0.25, -0.2) is 0 Å². The summed E-state index contributed by atoms with van der Waals surface area (Å²) in [6, 6.07) is 0.295. The van der Waals surface area contributed by atoms with E-state index in [0.717, 1.165) is 29.7 Å². The number of thioether (sulfide) groups is 1. The van der Waals surface area contributed by atoms with Crippen LogP contribution >= 0.6 is 27.7 Å². The number of carbonyl (C=O) groups is 1. The number of alkyl halides is 1. The molecule has 0 aliphatic carbocycles. The number of nitrogens with one attached hydrogen (secondary N) is 1. The Balaban J connectivity index is 2.33. The highest BCUT2D eigenvalue weighted by Gasteiger charge is 2.24. The first-order chi connectivity index (χ1) is 7.13. The Bertz CT molecular complexity index is 205. The second-order valence-electron chi connectivity index (χ2n) is 4.55. The molecule has 1 aliphatic rings. The summed E-state index contributed by atoms with van der Waals surface area (Å²) < 4.78 is 0. The molecule has 2 nitrogen and oxygen atoms in total. The standard InChI is InChI=1S/C11H20BrNOS/c1-8(2)5-10(6-12)13-11(14)9-3-4-15-7-9/h8-10H,3-7H2,1-2H3,(H,13,14). The molecule has 1 heterocycles. The predicted octanol–water partition coefficient (Wildman–Crippen LogP) is 2.67. The Morgan fingerprint density at radius 3 is 2.80 bits per heavy atom. The monoisotopic (exact) mass is 293 g/mol. The van der Waals surface area contributed by atoms with E-state index in [0.29, 0.717) is 12.0 Å². The molecule has 88 valence electrons. The van der Waals surface area contributed by atoms with Crippen LogP contribution in [0.15, 0.2) is 0 Å². The van der Waals surface area contributed by atoms with E-state index in [1.807, 2.05) is 11.8 Å². The fourth-order valence-electron chi connectivity index (χ4n) is 1.79. The van der Waals surface area contributed by atoms with Crippen LogP contribution in [0.25, 0.3) is 0 Å². The number of hydrogen-bond acceptors (Lipinski definition) is 2. The molecule has 1 N–H and O–H groups in total. The predicted molar refractivity (Wildman–Crippen MR) is 70.6 cm³/mol. The van der Waals surface area contributed by atoms with Crippen molar-refractivity contribution in [1.82, 2.24) is 5.32 Å². The molecule has 1 fully saturated rings. The molecule has 4 heteroatoms. The summed E-state index contributed by atoms with van der Waals surface area (Å²) in [6.07, 6.45) is 2.10. The molecule has 0 spiro atoms. The normalized spacial score (nSPS) is 23.1. The van der Waals surface area contributed by atoms with Crippen molar-refractivity contribution >= 4 is 33.6 Å². The average molecular weight is 294 g/mol. The van der Waals surface area contributed by atoms with Crippen LogP contribution in [0.5, 0.6) is 0 Å². The SMILES string of the molecule is CC(C)CC(CBr)NC(=O)C1CCSC1. The zero-order valence-corrected chi connectivity index (χ0v) is 11.9. The van der Waals surface area contributed by atoms with Gasteiger partial charge in [0.15, 0.2) is 0 Å². The Hall–Kier alpha value is 0.300. The summed E-state index contributed by atoms with van der Waals surface area (Å²) in [4.78, 5) is 11.9. The van der Waals surface area contributed by atoms with Gasteiger partial charge in [0, 0.05) is 23.0 Å². The maximum absolute atomic E-state index is 11.9. The molecule has 0 aromatic heterocycles. The van der Waals surface area contributed by atoms with Crippen LogP contribution in [0.1, 0.15) is 26.7 Å². The highest BCUT2D eigenvalue weighted by Crippen LogP contribution is 2.23. The van der Waals surface area contributed by atoms with Gasteiger partial charge in [-0.2, -0.15) is 11.8 Å². The zero-order chi connectivity index (χ0) is 11.3. The summed E-state index contributed by atoms with van der Waals surface area (Å²) in [6.45, 7) is 4.38. The van der Waals surface area contributed by atoms with Crippen LogP contribution in [0.2, 0.25) is 0 Å². The summed E-state index contributed by atoms with van der Waals surface area (Å²) in [7, 11) is 0. The number of halogens is 1. The smallest absolute Gasteiger partial charge is 0.224 e. The quantitative estimate of drug-likeness (QED) is 0.790. The Morgan fingerprint density at radius 2 is 2.33 bits per heavy atom. The molecule has 15 heavy (non-hydrogen) atoms. The fraction of sp³-hybridized carbons (Fsp3) is 0.909. The first kappa shape index (κ1) is 13.4. The Morgan fingerprint density at radius 1 is 1.60 bits per heavy atom. The minimum atomic E-state index is 0.253. The second-order valence-corrected chi connectivity index (χ2v) is 6.35. The van der Waals surface area contributed by atoms with Crippen LogP contribution in [0.4, 0.5) is 0 Å². The maximum Gasteiger partial charge on any atom is 0.224 e. The molecule has 2 unspecified atom stereocenters. The molecule has 0 saturated carbocycles. The van der Waals surface area contributed by atoms with Crippen LogP contribution in [-0.4, -0.2) is 28.8 Å². The Labute approximate surface area is 105 Å². The van der Waals surface area contributed by atoms with E-state index >= 15 is 0 Å². The minimum absolute atomic E-state index is 0.253. The van der Waals surface area contributed by atoms with Gasteiger partial charge in [0.2, 0.25) is 5.91 Å². The maximum atomic E-state index is 11.9. The van der Waals surface area contributed by atoms with E-state index in [4.69, 9.17) is 0 Å². The van der Waals surface area contributed by atoms with Gasteiger partial charge in [-0.15, -0.1) is 0 Å². The number of amides is 1. The van der Waals surface area contributed by atoms with Gasteiger partial charge in [-0.3, -0.25) is 4.79 Å². The lowest BCUT2D eigenvalue weighted by molar-refractivity contribution is -0.124. The first-order valence-corrected chi connectivity index (χ1v) is 7.85. The van der Waals surface area contributed by atoms with Crippen molar-refractivity contribution in [3.63, 3.8) is 0 Å². The molecule has 0 aromatic rings. The lowest BCUT2D eigenvalue weighted by Gasteiger charge is -2.20. The Kier molecular flexibility index (Phi) is 6.05. The van der Waals surface area contributed by atoms with Crippen molar-refractivity contribution in [3.05, 3.63) is 0 Å². The third-order valence-electron chi connectivity index (χ3n) is 2.59. The second kappa shape index (κ2) is 6.79. The molecular formula is C11H20BrNOS. The molecular weight excluding hydrogens is 274 g/mol. The largest absolute Gasteiger partial charge is 0.352 e. The molecule has 0 aromatic carbocycles. The van der Waals surface area contributed by atoms with Gasteiger partial charge in [0.1, 0.15) is 0 Å². The van der Waals surface area contributed by atoms with Gasteiger partial charge < -0.3 is 5.32 Å². The van der Waals surface area contributed by atoms with Crippen LogP contribution in [0.3, 0.4) is 0 Å². The van der Waals surface area contributed by atoms with E-state index in [-0.39, 0.29) is 11.8 Å². The highest BCUT2D eigenvalue weighted by molar-refractivity contribution is 9.09. The molecule has 1 amide bonds. The van der Waals surface area contributed by atoms with Crippen molar-refractivity contribution < 1.29 is 4.79 Å². The van der Waals surface area contributed by atoms with E-state index in [2.05, 4.69) is 35.1 Å². The van der Waals surface area contributed by atoms with E-state index in [1.54, 1.807) is 0 Å². The molecule has 0 radical (unpaired) electrons. The lowest BCUT2D eigenvalue weighted by atomic mass is 10.0. The van der Waals surface area contributed by atoms with Crippen molar-refractivity contribution in [2.45, 2.75) is 32.7 Å². The van der Waals surface area contributed by atoms with Gasteiger partial charge in [-0.1, -0.05) is 29.8 Å². The van der Waals surface area contributed by atoms with Crippen molar-refractivity contribution in [2.24, 2.45) is 11.8 Å². The lowest BCUT2D eigenvalue weighted by Crippen LogP contribution is -2.40. The zero-order valence-electron chi connectivity index (χ0n) is 9.46. The topological polar surface area (TPSA) is 29.1 Å². The number of carbonyl (C=O) groups excluding carboxylic acids is 1.